The van der Waals surface area contributed by atoms with Crippen LogP contribution in [0.5, 0.6) is 0 Å². The topological polar surface area (TPSA) is 70.9 Å². The molecule has 0 radical (unpaired) electrons. The number of benzene rings is 1. The Morgan fingerprint density at radius 1 is 1.26 bits per heavy atom. The summed E-state index contributed by atoms with van der Waals surface area (Å²) in [6.45, 7) is 1.94. The van der Waals surface area contributed by atoms with Crippen LogP contribution in [0.1, 0.15) is 46.5 Å². The molecule has 6 heteroatoms. The zero-order valence-electron chi connectivity index (χ0n) is 15.2. The summed E-state index contributed by atoms with van der Waals surface area (Å²) in [7, 11) is 0. The fraction of sp³-hybridized carbons (Fsp3) is 0.333. The van der Waals surface area contributed by atoms with Crippen LogP contribution in [0, 0.1) is 6.92 Å². The summed E-state index contributed by atoms with van der Waals surface area (Å²) in [5.74, 6) is -0.242. The molecule has 0 saturated carbocycles. The number of carbonyl (C=O) groups is 2. The highest BCUT2D eigenvalue weighted by Crippen LogP contribution is 2.33. The zero-order valence-corrected chi connectivity index (χ0v) is 16.0. The summed E-state index contributed by atoms with van der Waals surface area (Å²) in [5.41, 5.74) is 4.86. The van der Waals surface area contributed by atoms with Gasteiger partial charge in [0.25, 0.3) is 11.8 Å². The predicted molar refractivity (Wildman–Crippen MR) is 106 cm³/mol. The van der Waals surface area contributed by atoms with Crippen LogP contribution in [0.4, 0.5) is 5.69 Å². The molecule has 2 aliphatic rings. The first kappa shape index (κ1) is 17.8. The van der Waals surface area contributed by atoms with Crippen molar-refractivity contribution in [1.82, 2.24) is 0 Å². The second-order valence-electron chi connectivity index (χ2n) is 7.04. The van der Waals surface area contributed by atoms with E-state index in [2.05, 4.69) is 15.5 Å². The molecule has 4 rings (SSSR count). The molecule has 1 unspecified atom stereocenters. The summed E-state index contributed by atoms with van der Waals surface area (Å²) in [4.78, 5) is 25.2. The van der Waals surface area contributed by atoms with E-state index in [1.54, 1.807) is 0 Å². The van der Waals surface area contributed by atoms with Crippen molar-refractivity contribution in [1.29, 1.82) is 0 Å². The Morgan fingerprint density at radius 3 is 2.93 bits per heavy atom. The Bertz CT molecular complexity index is 958. The number of rotatable bonds is 4. The van der Waals surface area contributed by atoms with Gasteiger partial charge in [-0.3, -0.25) is 9.59 Å². The molecule has 2 amide bonds. The number of anilines is 1. The van der Waals surface area contributed by atoms with E-state index in [1.807, 2.05) is 42.6 Å². The highest BCUT2D eigenvalue weighted by Gasteiger charge is 2.28. The van der Waals surface area contributed by atoms with Gasteiger partial charge in [-0.05, 0) is 72.9 Å². The van der Waals surface area contributed by atoms with Gasteiger partial charge in [-0.2, -0.15) is 5.11 Å². The second-order valence-corrected chi connectivity index (χ2v) is 7.95. The van der Waals surface area contributed by atoms with Crippen molar-refractivity contribution in [2.24, 2.45) is 10.2 Å². The molecule has 1 N–H and O–H groups in total. The number of hydrogen-bond acceptors (Lipinski definition) is 4. The molecule has 1 aromatic carbocycles. The monoisotopic (exact) mass is 379 g/mol. The third-order valence-electron chi connectivity index (χ3n) is 5.14. The largest absolute Gasteiger partial charge is 0.321 e. The molecule has 5 nitrogen and oxygen atoms in total. The highest BCUT2D eigenvalue weighted by molar-refractivity contribution is 7.12. The lowest BCUT2D eigenvalue weighted by Gasteiger charge is -2.25. The quantitative estimate of drug-likeness (QED) is 0.804. The van der Waals surface area contributed by atoms with Crippen molar-refractivity contribution in [3.05, 3.63) is 62.9 Å². The van der Waals surface area contributed by atoms with Crippen molar-refractivity contribution >= 4 is 28.8 Å². The number of aryl methyl sites for hydroxylation is 1. The van der Waals surface area contributed by atoms with Crippen LogP contribution in [0.3, 0.4) is 0 Å². The van der Waals surface area contributed by atoms with Gasteiger partial charge in [0, 0.05) is 17.7 Å². The minimum Gasteiger partial charge on any atom is -0.321 e. The maximum atomic E-state index is 12.4. The van der Waals surface area contributed by atoms with E-state index < -0.39 is 0 Å². The molecule has 2 aromatic rings. The van der Waals surface area contributed by atoms with Gasteiger partial charge in [0.15, 0.2) is 0 Å². The third kappa shape index (κ3) is 3.76. The van der Waals surface area contributed by atoms with Crippen LogP contribution in [0.15, 0.2) is 57.1 Å². The lowest BCUT2D eigenvalue weighted by Crippen LogP contribution is -2.23. The number of azo groups is 1. The molecular weight excluding hydrogens is 358 g/mol. The molecule has 1 aliphatic heterocycles. The molecule has 0 bridgehead atoms. The Labute approximate surface area is 162 Å². The molecule has 1 aliphatic carbocycles. The third-order valence-corrected chi connectivity index (χ3v) is 6.16. The first-order valence-corrected chi connectivity index (χ1v) is 10.1. The molecular formula is C21H21N3O2S. The first-order chi connectivity index (χ1) is 13.1. The van der Waals surface area contributed by atoms with Crippen molar-refractivity contribution in [3.63, 3.8) is 0 Å². The minimum atomic E-state index is -0.159. The maximum Gasteiger partial charge on any atom is 0.291 e. The molecule has 138 valence electrons. The number of thiophene rings is 1. The molecule has 0 spiro atoms. The van der Waals surface area contributed by atoms with Crippen LogP contribution < -0.4 is 5.32 Å². The van der Waals surface area contributed by atoms with Gasteiger partial charge in [-0.1, -0.05) is 12.1 Å². The van der Waals surface area contributed by atoms with Crippen LogP contribution in [0.25, 0.3) is 0 Å². The second kappa shape index (κ2) is 7.56. The van der Waals surface area contributed by atoms with Gasteiger partial charge >= 0.3 is 0 Å². The van der Waals surface area contributed by atoms with Crippen molar-refractivity contribution < 1.29 is 9.59 Å². The highest BCUT2D eigenvalue weighted by atomic mass is 32.1. The molecule has 0 saturated heterocycles. The van der Waals surface area contributed by atoms with Crippen LogP contribution in [-0.4, -0.2) is 17.9 Å². The zero-order chi connectivity index (χ0) is 18.8. The predicted octanol–water partition coefficient (Wildman–Crippen LogP) is 5.08. The molecule has 0 fully saturated rings. The van der Waals surface area contributed by atoms with E-state index in [-0.39, 0.29) is 17.9 Å². The SMILES string of the molecule is Cc1ccsc1C(=O)Nc1cccc(CC2N=NC(=O)C3=C2CCCC3)c1. The molecule has 1 aromatic heterocycles. The van der Waals surface area contributed by atoms with E-state index >= 15 is 0 Å². The number of nitrogens with zero attached hydrogens (tertiary/aromatic N) is 2. The van der Waals surface area contributed by atoms with E-state index in [0.29, 0.717) is 6.42 Å². The minimum absolute atomic E-state index is 0.0662. The number of carbonyl (C=O) groups excluding carboxylic acids is 2. The lowest BCUT2D eigenvalue weighted by molar-refractivity contribution is -0.115. The van der Waals surface area contributed by atoms with Gasteiger partial charge in [0.1, 0.15) is 0 Å². The number of hydrogen-bond donors (Lipinski definition) is 1. The number of amides is 2. The van der Waals surface area contributed by atoms with E-state index in [4.69, 9.17) is 0 Å². The summed E-state index contributed by atoms with van der Waals surface area (Å²) < 4.78 is 0. The maximum absolute atomic E-state index is 12.4. The normalized spacial score (nSPS) is 19.1. The lowest BCUT2D eigenvalue weighted by atomic mass is 9.84. The number of nitrogens with one attached hydrogen (secondary N) is 1. The molecule has 2 heterocycles. The summed E-state index contributed by atoms with van der Waals surface area (Å²) >= 11 is 1.44. The Morgan fingerprint density at radius 2 is 2.11 bits per heavy atom. The van der Waals surface area contributed by atoms with Gasteiger partial charge in [0.05, 0.1) is 10.9 Å². The Kier molecular flexibility index (Phi) is 4.99. The fourth-order valence-corrected chi connectivity index (χ4v) is 4.57. The van der Waals surface area contributed by atoms with Gasteiger partial charge in [0.2, 0.25) is 0 Å². The average Bonchev–Trinajstić information content (AvgIpc) is 3.11. The van der Waals surface area contributed by atoms with Crippen molar-refractivity contribution in [3.8, 4) is 0 Å². The van der Waals surface area contributed by atoms with Crippen molar-refractivity contribution in [2.45, 2.75) is 45.1 Å². The first-order valence-electron chi connectivity index (χ1n) is 9.23. The molecule has 27 heavy (non-hydrogen) atoms. The van der Waals surface area contributed by atoms with E-state index in [0.717, 1.165) is 58.5 Å². The summed E-state index contributed by atoms with van der Waals surface area (Å²) in [6.07, 6.45) is 4.60. The van der Waals surface area contributed by atoms with Gasteiger partial charge in [-0.15, -0.1) is 16.5 Å². The smallest absolute Gasteiger partial charge is 0.291 e. The van der Waals surface area contributed by atoms with Gasteiger partial charge < -0.3 is 5.32 Å². The van der Waals surface area contributed by atoms with Crippen LogP contribution in [-0.2, 0) is 11.2 Å². The average molecular weight is 379 g/mol. The van der Waals surface area contributed by atoms with Gasteiger partial charge in [-0.25, -0.2) is 0 Å². The summed E-state index contributed by atoms with van der Waals surface area (Å²) in [5, 5.41) is 13.0. The van der Waals surface area contributed by atoms with Crippen LogP contribution in [0.2, 0.25) is 0 Å². The Hall–Kier alpha value is -2.60. The van der Waals surface area contributed by atoms with E-state index in [9.17, 15) is 9.59 Å². The molecule has 1 atom stereocenters. The van der Waals surface area contributed by atoms with E-state index in [1.165, 1.54) is 11.3 Å². The summed E-state index contributed by atoms with van der Waals surface area (Å²) in [6, 6.07) is 9.72. The Balaban J connectivity index is 1.51. The van der Waals surface area contributed by atoms with Crippen molar-refractivity contribution in [2.75, 3.05) is 5.32 Å². The standard InChI is InChI=1S/C21H21N3O2S/c1-13-9-10-27-19(13)21(26)22-15-6-4-5-14(11-15)12-18-16-7-2-3-8-17(16)20(25)24-23-18/h4-6,9-11,18H,2-3,7-8,12H2,1H3,(H,22,26). The van der Waals surface area contributed by atoms with Crippen LogP contribution >= 0.6 is 11.3 Å². The fourth-order valence-electron chi connectivity index (χ4n) is 3.75.